The predicted octanol–water partition coefficient (Wildman–Crippen LogP) is 4.02. The van der Waals surface area contributed by atoms with Gasteiger partial charge in [-0.1, -0.05) is 19.9 Å². The molecule has 0 saturated carbocycles. The van der Waals surface area contributed by atoms with Gasteiger partial charge in [0.2, 0.25) is 0 Å². The third-order valence-electron chi connectivity index (χ3n) is 5.20. The van der Waals surface area contributed by atoms with Gasteiger partial charge in [0.25, 0.3) is 5.91 Å². The van der Waals surface area contributed by atoms with Crippen LogP contribution >= 0.6 is 0 Å². The van der Waals surface area contributed by atoms with Crippen LogP contribution in [0.25, 0.3) is 0 Å². The fraction of sp³-hybridized carbons (Fsp3) is 0.381. The van der Waals surface area contributed by atoms with Gasteiger partial charge in [0.1, 0.15) is 5.82 Å². The molecule has 0 fully saturated rings. The minimum atomic E-state index is -0.356. The molecule has 7 heteroatoms. The number of nitrogens with zero attached hydrogens (tertiary/aromatic N) is 4. The maximum atomic E-state index is 13.8. The highest BCUT2D eigenvalue weighted by atomic mass is 19.1. The van der Waals surface area contributed by atoms with Crippen LogP contribution in [0.15, 0.2) is 30.6 Å². The highest BCUT2D eigenvalue weighted by molar-refractivity contribution is 6.10. The SMILES string of the molecule is CCn1cc(N2C(=O)c3n[nH]c(CC(C)C)c3C2c2ccc(F)cc2C)cn1. The number of H-pyrrole nitrogens is 1. The van der Waals surface area contributed by atoms with Crippen molar-refractivity contribution >= 4 is 11.6 Å². The number of aryl methyl sites for hydroxylation is 2. The molecule has 4 rings (SSSR count). The number of hydrogen-bond donors (Lipinski definition) is 1. The van der Waals surface area contributed by atoms with E-state index in [0.717, 1.165) is 28.8 Å². The molecule has 1 amide bonds. The Kier molecular flexibility index (Phi) is 4.53. The molecule has 0 radical (unpaired) electrons. The molecule has 0 saturated heterocycles. The molecule has 146 valence electrons. The summed E-state index contributed by atoms with van der Waals surface area (Å²) in [5.41, 5.74) is 4.69. The van der Waals surface area contributed by atoms with Gasteiger partial charge in [0.15, 0.2) is 5.69 Å². The number of hydrogen-bond acceptors (Lipinski definition) is 3. The molecule has 0 spiro atoms. The number of nitrogens with one attached hydrogen (secondary N) is 1. The number of rotatable bonds is 5. The lowest BCUT2D eigenvalue weighted by Crippen LogP contribution is -2.29. The van der Waals surface area contributed by atoms with Gasteiger partial charge in [-0.05, 0) is 49.4 Å². The zero-order chi connectivity index (χ0) is 20.0. The van der Waals surface area contributed by atoms with Crippen molar-refractivity contribution in [3.63, 3.8) is 0 Å². The predicted molar refractivity (Wildman–Crippen MR) is 105 cm³/mol. The molecule has 1 N–H and O–H groups in total. The summed E-state index contributed by atoms with van der Waals surface area (Å²) in [6.07, 6.45) is 4.35. The molecule has 1 aliphatic rings. The van der Waals surface area contributed by atoms with Gasteiger partial charge >= 0.3 is 0 Å². The lowest BCUT2D eigenvalue weighted by molar-refractivity contribution is 0.0988. The van der Waals surface area contributed by atoms with Crippen LogP contribution in [0.1, 0.15) is 59.7 Å². The van der Waals surface area contributed by atoms with Crippen molar-refractivity contribution in [1.29, 1.82) is 0 Å². The second kappa shape index (κ2) is 6.89. The van der Waals surface area contributed by atoms with Crippen LogP contribution in [0.5, 0.6) is 0 Å². The van der Waals surface area contributed by atoms with Crippen LogP contribution in [-0.2, 0) is 13.0 Å². The lowest BCUT2D eigenvalue weighted by Gasteiger charge is -2.26. The highest BCUT2D eigenvalue weighted by Crippen LogP contribution is 2.43. The van der Waals surface area contributed by atoms with E-state index in [2.05, 4.69) is 29.1 Å². The fourth-order valence-corrected chi connectivity index (χ4v) is 3.93. The van der Waals surface area contributed by atoms with Gasteiger partial charge in [0.05, 0.1) is 17.9 Å². The molecule has 6 nitrogen and oxygen atoms in total. The zero-order valence-electron chi connectivity index (χ0n) is 16.5. The van der Waals surface area contributed by atoms with Gasteiger partial charge in [-0.25, -0.2) is 4.39 Å². The first-order valence-corrected chi connectivity index (χ1v) is 9.59. The van der Waals surface area contributed by atoms with E-state index < -0.39 is 0 Å². The molecule has 3 aromatic rings. The van der Waals surface area contributed by atoms with Gasteiger partial charge in [-0.15, -0.1) is 0 Å². The van der Waals surface area contributed by atoms with Crippen LogP contribution in [0.2, 0.25) is 0 Å². The average Bonchev–Trinajstić information content (AvgIpc) is 3.32. The minimum Gasteiger partial charge on any atom is -0.292 e. The van der Waals surface area contributed by atoms with Crippen LogP contribution < -0.4 is 4.90 Å². The van der Waals surface area contributed by atoms with Crippen molar-refractivity contribution in [3.05, 3.63) is 64.5 Å². The Morgan fingerprint density at radius 2 is 2.11 bits per heavy atom. The molecule has 28 heavy (non-hydrogen) atoms. The Morgan fingerprint density at radius 1 is 1.32 bits per heavy atom. The lowest BCUT2D eigenvalue weighted by atomic mass is 9.92. The second-order valence-electron chi connectivity index (χ2n) is 7.70. The number of carbonyl (C=O) groups is 1. The molecule has 1 aromatic carbocycles. The van der Waals surface area contributed by atoms with Crippen molar-refractivity contribution < 1.29 is 9.18 Å². The van der Waals surface area contributed by atoms with Crippen LogP contribution in [0.3, 0.4) is 0 Å². The summed E-state index contributed by atoms with van der Waals surface area (Å²) in [4.78, 5) is 15.0. The van der Waals surface area contributed by atoms with Crippen molar-refractivity contribution in [2.45, 2.75) is 46.7 Å². The quantitative estimate of drug-likeness (QED) is 0.726. The molecule has 0 bridgehead atoms. The molecule has 2 aromatic heterocycles. The van der Waals surface area contributed by atoms with Crippen LogP contribution in [-0.4, -0.2) is 25.9 Å². The molecule has 1 aliphatic heterocycles. The topological polar surface area (TPSA) is 66.8 Å². The monoisotopic (exact) mass is 381 g/mol. The van der Waals surface area contributed by atoms with E-state index >= 15 is 0 Å². The number of fused-ring (bicyclic) bond motifs is 1. The molecule has 1 unspecified atom stereocenters. The number of halogens is 1. The minimum absolute atomic E-state index is 0.161. The first-order chi connectivity index (χ1) is 13.4. The summed E-state index contributed by atoms with van der Waals surface area (Å²) < 4.78 is 15.5. The van der Waals surface area contributed by atoms with Crippen LogP contribution in [0.4, 0.5) is 10.1 Å². The van der Waals surface area contributed by atoms with E-state index in [-0.39, 0.29) is 17.8 Å². The van der Waals surface area contributed by atoms with Gasteiger partial charge < -0.3 is 0 Å². The standard InChI is InChI=1S/C21H24FN5O/c1-5-26-11-15(10-23-26)27-20(16-7-6-14(22)9-13(16)4)18-17(8-12(2)3)24-25-19(18)21(27)28/h6-7,9-12,20H,5,8H2,1-4H3,(H,24,25). The summed E-state index contributed by atoms with van der Waals surface area (Å²) >= 11 is 0. The van der Waals surface area contributed by atoms with E-state index in [1.807, 2.05) is 20.0 Å². The Balaban J connectivity index is 1.90. The maximum Gasteiger partial charge on any atom is 0.280 e. The summed E-state index contributed by atoms with van der Waals surface area (Å²) in [6, 6.07) is 4.36. The fourth-order valence-electron chi connectivity index (χ4n) is 3.93. The van der Waals surface area contributed by atoms with Crippen molar-refractivity contribution in [3.8, 4) is 0 Å². The number of amides is 1. The van der Waals surface area contributed by atoms with E-state index in [9.17, 15) is 9.18 Å². The molecule has 3 heterocycles. The Bertz CT molecular complexity index is 1040. The Labute approximate surface area is 163 Å². The molecule has 0 aliphatic carbocycles. The zero-order valence-corrected chi connectivity index (χ0v) is 16.5. The first-order valence-electron chi connectivity index (χ1n) is 9.59. The highest BCUT2D eigenvalue weighted by Gasteiger charge is 2.44. The first kappa shape index (κ1) is 18.4. The third kappa shape index (κ3) is 2.91. The van der Waals surface area contributed by atoms with Crippen molar-refractivity contribution in [2.75, 3.05) is 4.90 Å². The Hall–Kier alpha value is -2.96. The smallest absolute Gasteiger partial charge is 0.280 e. The second-order valence-corrected chi connectivity index (χ2v) is 7.70. The summed E-state index contributed by atoms with van der Waals surface area (Å²) in [6.45, 7) is 8.84. The third-order valence-corrected chi connectivity index (χ3v) is 5.20. The summed E-state index contributed by atoms with van der Waals surface area (Å²) in [5.74, 6) is -0.0390. The maximum absolute atomic E-state index is 13.8. The molecular formula is C21H24FN5O. The van der Waals surface area contributed by atoms with Gasteiger partial charge in [-0.3, -0.25) is 19.5 Å². The average molecular weight is 381 g/mol. The van der Waals surface area contributed by atoms with Crippen molar-refractivity contribution in [1.82, 2.24) is 20.0 Å². The van der Waals surface area contributed by atoms with Crippen molar-refractivity contribution in [2.24, 2.45) is 5.92 Å². The summed E-state index contributed by atoms with van der Waals surface area (Å²) in [7, 11) is 0. The Morgan fingerprint density at radius 3 is 2.75 bits per heavy atom. The van der Waals surface area contributed by atoms with Crippen LogP contribution in [0, 0.1) is 18.7 Å². The van der Waals surface area contributed by atoms with Gasteiger partial charge in [-0.2, -0.15) is 10.2 Å². The van der Waals surface area contributed by atoms with E-state index in [1.54, 1.807) is 21.8 Å². The number of benzene rings is 1. The largest absolute Gasteiger partial charge is 0.292 e. The number of anilines is 1. The number of aromatic nitrogens is 4. The summed E-state index contributed by atoms with van der Waals surface area (Å²) in [5, 5.41) is 11.7. The van der Waals surface area contributed by atoms with Gasteiger partial charge in [0, 0.05) is 24.0 Å². The molecule has 1 atom stereocenters. The molecular weight excluding hydrogens is 357 g/mol. The normalized spacial score (nSPS) is 16.3. The number of carbonyl (C=O) groups excluding carboxylic acids is 1. The van der Waals surface area contributed by atoms with E-state index in [1.165, 1.54) is 12.1 Å². The number of aromatic amines is 1. The van der Waals surface area contributed by atoms with E-state index in [4.69, 9.17) is 0 Å². The van der Waals surface area contributed by atoms with E-state index in [0.29, 0.717) is 23.8 Å².